The maximum absolute atomic E-state index is 12.9. The molecule has 2 aromatic rings. The number of carbonyl (C=O) groups is 3. The Morgan fingerprint density at radius 3 is 2.52 bits per heavy atom. The molecule has 150 valence electrons. The lowest BCUT2D eigenvalue weighted by atomic mass is 9.94. The summed E-state index contributed by atoms with van der Waals surface area (Å²) in [7, 11) is 4.12. The van der Waals surface area contributed by atoms with Crippen LogP contribution in [0.25, 0.3) is 0 Å². The Kier molecular flexibility index (Phi) is 4.71. The van der Waals surface area contributed by atoms with Crippen LogP contribution in [0.2, 0.25) is 5.02 Å². The summed E-state index contributed by atoms with van der Waals surface area (Å²) in [6.07, 6.45) is 2.25. The van der Waals surface area contributed by atoms with Crippen LogP contribution >= 0.6 is 11.6 Å². The normalized spacial score (nSPS) is 17.0. The number of fused-ring (bicyclic) bond motifs is 1. The Labute approximate surface area is 174 Å². The largest absolute Gasteiger partial charge is 0.366 e. The van der Waals surface area contributed by atoms with E-state index in [-0.39, 0.29) is 33.7 Å². The standard InChI is InChI=1S/C22H22ClN3O3/c1-25(2)12-22(6-7-22)14-5-3-4-13(8-14)11-26-20(28)17-10-15(23)9-16(19(24)27)18(17)21(26)29/h3-5,8-10H,6-7,11-12H2,1-2H3,(H2,24,27). The molecule has 4 rings (SSSR count). The van der Waals surface area contributed by atoms with Crippen molar-refractivity contribution < 1.29 is 14.4 Å². The first kappa shape index (κ1) is 19.6. The van der Waals surface area contributed by atoms with E-state index in [2.05, 4.69) is 31.1 Å². The van der Waals surface area contributed by atoms with Gasteiger partial charge >= 0.3 is 0 Å². The summed E-state index contributed by atoms with van der Waals surface area (Å²) in [5.74, 6) is -1.77. The van der Waals surface area contributed by atoms with Gasteiger partial charge in [0.1, 0.15) is 0 Å². The third kappa shape index (κ3) is 3.43. The molecule has 2 aromatic carbocycles. The lowest BCUT2D eigenvalue weighted by molar-refractivity contribution is 0.0640. The van der Waals surface area contributed by atoms with Gasteiger partial charge in [0, 0.05) is 17.0 Å². The molecule has 3 amide bonds. The van der Waals surface area contributed by atoms with Crippen LogP contribution in [-0.4, -0.2) is 48.2 Å². The number of rotatable bonds is 6. The number of hydrogen-bond donors (Lipinski definition) is 1. The molecule has 2 N–H and O–H groups in total. The van der Waals surface area contributed by atoms with Crippen LogP contribution in [0.4, 0.5) is 0 Å². The summed E-state index contributed by atoms with van der Waals surface area (Å²) < 4.78 is 0. The highest BCUT2D eigenvalue weighted by Gasteiger charge is 2.45. The predicted molar refractivity (Wildman–Crippen MR) is 110 cm³/mol. The number of benzene rings is 2. The SMILES string of the molecule is CN(C)CC1(c2cccc(CN3C(=O)c4cc(Cl)cc(C(N)=O)c4C3=O)c2)CC1. The Hall–Kier alpha value is -2.70. The lowest BCUT2D eigenvalue weighted by Gasteiger charge is -2.22. The van der Waals surface area contributed by atoms with Gasteiger partial charge in [-0.05, 0) is 50.2 Å². The monoisotopic (exact) mass is 411 g/mol. The molecule has 0 radical (unpaired) electrons. The number of primary amides is 1. The highest BCUT2D eigenvalue weighted by Crippen LogP contribution is 2.48. The van der Waals surface area contributed by atoms with E-state index in [1.54, 1.807) is 0 Å². The second-order valence-corrected chi connectivity index (χ2v) is 8.59. The van der Waals surface area contributed by atoms with Gasteiger partial charge in [-0.2, -0.15) is 0 Å². The molecule has 6 nitrogen and oxygen atoms in total. The molecule has 0 saturated heterocycles. The first-order valence-corrected chi connectivity index (χ1v) is 9.83. The van der Waals surface area contributed by atoms with Crippen molar-refractivity contribution in [1.82, 2.24) is 9.80 Å². The van der Waals surface area contributed by atoms with Crippen molar-refractivity contribution in [2.45, 2.75) is 24.8 Å². The second-order valence-electron chi connectivity index (χ2n) is 8.16. The third-order valence-corrected chi connectivity index (χ3v) is 5.87. The van der Waals surface area contributed by atoms with E-state index in [1.807, 2.05) is 12.1 Å². The maximum atomic E-state index is 12.9. The summed E-state index contributed by atoms with van der Waals surface area (Å²) in [6.45, 7) is 1.10. The average Bonchev–Trinajstić information content (AvgIpc) is 3.40. The van der Waals surface area contributed by atoms with Gasteiger partial charge in [-0.1, -0.05) is 35.9 Å². The van der Waals surface area contributed by atoms with Crippen molar-refractivity contribution in [2.75, 3.05) is 20.6 Å². The summed E-state index contributed by atoms with van der Waals surface area (Å²) in [5.41, 5.74) is 7.77. The van der Waals surface area contributed by atoms with Crippen molar-refractivity contribution >= 4 is 29.3 Å². The van der Waals surface area contributed by atoms with Gasteiger partial charge in [0.15, 0.2) is 0 Å². The minimum absolute atomic E-state index is 0.0231. The molecule has 0 atom stereocenters. The molecule has 29 heavy (non-hydrogen) atoms. The number of hydrogen-bond acceptors (Lipinski definition) is 4. The van der Waals surface area contributed by atoms with Crippen LogP contribution in [0.1, 0.15) is 55.0 Å². The number of amides is 3. The number of likely N-dealkylation sites (N-methyl/N-ethyl adjacent to an activating group) is 1. The van der Waals surface area contributed by atoms with Crippen molar-refractivity contribution in [3.63, 3.8) is 0 Å². The number of nitrogens with two attached hydrogens (primary N) is 1. The average molecular weight is 412 g/mol. The van der Waals surface area contributed by atoms with Crippen molar-refractivity contribution in [3.05, 3.63) is 69.2 Å². The van der Waals surface area contributed by atoms with Crippen molar-refractivity contribution in [2.24, 2.45) is 5.73 Å². The summed E-state index contributed by atoms with van der Waals surface area (Å²) in [4.78, 5) is 40.9. The van der Waals surface area contributed by atoms with Crippen LogP contribution in [0.3, 0.4) is 0 Å². The molecule has 0 bridgehead atoms. The highest BCUT2D eigenvalue weighted by molar-refractivity contribution is 6.33. The first-order valence-electron chi connectivity index (χ1n) is 9.45. The predicted octanol–water partition coefficient (Wildman–Crippen LogP) is 2.83. The Morgan fingerprint density at radius 1 is 1.17 bits per heavy atom. The van der Waals surface area contributed by atoms with E-state index in [0.717, 1.165) is 29.8 Å². The Balaban J connectivity index is 1.64. The van der Waals surface area contributed by atoms with Crippen LogP contribution < -0.4 is 5.73 Å². The van der Waals surface area contributed by atoms with E-state index >= 15 is 0 Å². The smallest absolute Gasteiger partial charge is 0.262 e. The van der Waals surface area contributed by atoms with Crippen LogP contribution in [0.5, 0.6) is 0 Å². The number of imide groups is 1. The topological polar surface area (TPSA) is 83.7 Å². The van der Waals surface area contributed by atoms with Gasteiger partial charge in [0.25, 0.3) is 11.8 Å². The zero-order chi connectivity index (χ0) is 20.9. The molecule has 1 fully saturated rings. The number of nitrogens with zero attached hydrogens (tertiary/aromatic N) is 2. The fraction of sp³-hybridized carbons (Fsp3) is 0.318. The van der Waals surface area contributed by atoms with E-state index in [9.17, 15) is 14.4 Å². The van der Waals surface area contributed by atoms with E-state index < -0.39 is 17.7 Å². The molecule has 0 unspecified atom stereocenters. The molecule has 1 heterocycles. The summed E-state index contributed by atoms with van der Waals surface area (Å²) >= 11 is 6.02. The van der Waals surface area contributed by atoms with E-state index in [0.29, 0.717) is 0 Å². The molecular formula is C22H22ClN3O3. The maximum Gasteiger partial charge on any atom is 0.262 e. The van der Waals surface area contributed by atoms with Gasteiger partial charge in [-0.15, -0.1) is 0 Å². The first-order chi connectivity index (χ1) is 13.7. The molecule has 0 spiro atoms. The van der Waals surface area contributed by atoms with Gasteiger partial charge in [-0.25, -0.2) is 0 Å². The van der Waals surface area contributed by atoms with Crippen LogP contribution in [0.15, 0.2) is 36.4 Å². The fourth-order valence-electron chi connectivity index (χ4n) is 4.19. The van der Waals surface area contributed by atoms with Crippen molar-refractivity contribution in [1.29, 1.82) is 0 Å². The molecule has 1 aliphatic heterocycles. The fourth-order valence-corrected chi connectivity index (χ4v) is 4.41. The van der Waals surface area contributed by atoms with Gasteiger partial charge in [0.2, 0.25) is 5.91 Å². The minimum atomic E-state index is -0.784. The van der Waals surface area contributed by atoms with Crippen molar-refractivity contribution in [3.8, 4) is 0 Å². The molecule has 0 aromatic heterocycles. The minimum Gasteiger partial charge on any atom is -0.366 e. The Bertz CT molecular complexity index is 1040. The summed E-state index contributed by atoms with van der Waals surface area (Å²) in [6, 6.07) is 10.8. The molecule has 2 aliphatic rings. The Morgan fingerprint density at radius 2 is 1.90 bits per heavy atom. The van der Waals surface area contributed by atoms with E-state index in [1.165, 1.54) is 17.7 Å². The van der Waals surface area contributed by atoms with Crippen LogP contribution in [-0.2, 0) is 12.0 Å². The number of carbonyl (C=O) groups excluding carboxylic acids is 3. The van der Waals surface area contributed by atoms with Gasteiger partial charge in [0.05, 0.1) is 23.2 Å². The zero-order valence-electron chi connectivity index (χ0n) is 16.4. The van der Waals surface area contributed by atoms with Gasteiger partial charge in [-0.3, -0.25) is 19.3 Å². The third-order valence-electron chi connectivity index (χ3n) is 5.66. The lowest BCUT2D eigenvalue weighted by Crippen LogP contribution is -2.30. The second kappa shape index (κ2) is 6.97. The van der Waals surface area contributed by atoms with Gasteiger partial charge < -0.3 is 10.6 Å². The zero-order valence-corrected chi connectivity index (χ0v) is 17.1. The molecular weight excluding hydrogens is 390 g/mol. The van der Waals surface area contributed by atoms with E-state index in [4.69, 9.17) is 17.3 Å². The molecule has 1 saturated carbocycles. The quantitative estimate of drug-likeness (QED) is 0.741. The highest BCUT2D eigenvalue weighted by atomic mass is 35.5. The van der Waals surface area contributed by atoms with Crippen LogP contribution in [0, 0.1) is 0 Å². The number of halogens is 1. The summed E-state index contributed by atoms with van der Waals surface area (Å²) in [5, 5.41) is 0.196. The molecule has 1 aliphatic carbocycles. The molecule has 7 heteroatoms.